The summed E-state index contributed by atoms with van der Waals surface area (Å²) in [6.07, 6.45) is 3.95. The van der Waals surface area contributed by atoms with Gasteiger partial charge in [0.15, 0.2) is 0 Å². The van der Waals surface area contributed by atoms with Crippen LogP contribution in [0.15, 0.2) is 34.7 Å². The van der Waals surface area contributed by atoms with Crippen molar-refractivity contribution in [2.75, 3.05) is 7.11 Å². The van der Waals surface area contributed by atoms with Crippen LogP contribution in [-0.2, 0) is 14.8 Å². The van der Waals surface area contributed by atoms with Gasteiger partial charge in [-0.05, 0) is 43.2 Å². The van der Waals surface area contributed by atoms with Crippen molar-refractivity contribution in [2.45, 2.75) is 42.7 Å². The molecular formula is C18H19N3O5S2. The lowest BCUT2D eigenvalue weighted by Crippen LogP contribution is -2.40. The number of ether oxygens (including phenoxy) is 2. The summed E-state index contributed by atoms with van der Waals surface area (Å²) in [5.74, 6) is -0.216. The number of rotatable bonds is 6. The van der Waals surface area contributed by atoms with E-state index in [4.69, 9.17) is 10.00 Å². The Morgan fingerprint density at radius 1 is 1.29 bits per heavy atom. The topological polar surface area (TPSA) is 118 Å². The number of pyridine rings is 1. The van der Waals surface area contributed by atoms with Gasteiger partial charge in [0.1, 0.15) is 21.9 Å². The van der Waals surface area contributed by atoms with Gasteiger partial charge >= 0.3 is 5.97 Å². The smallest absolute Gasteiger partial charge is 0.349 e. The standard InChI is InChI=1S/C18H19N3O5S2/c1-25-18(22)17-15(8-9-27-17)28(23,24)21-13-3-5-14(6-4-13)26-16-7-2-12(10-19)11-20-16/h2,7-9,11,13-14,21H,3-6H2,1H3. The van der Waals surface area contributed by atoms with Crippen molar-refractivity contribution in [1.29, 1.82) is 5.26 Å². The lowest BCUT2D eigenvalue weighted by Gasteiger charge is -2.29. The highest BCUT2D eigenvalue weighted by molar-refractivity contribution is 7.89. The Kier molecular flexibility index (Phi) is 6.28. The maximum atomic E-state index is 12.7. The van der Waals surface area contributed by atoms with Crippen LogP contribution in [0, 0.1) is 11.3 Å². The van der Waals surface area contributed by atoms with Crippen molar-refractivity contribution in [3.8, 4) is 11.9 Å². The third-order valence-electron chi connectivity index (χ3n) is 4.44. The van der Waals surface area contributed by atoms with Gasteiger partial charge in [0.05, 0.1) is 12.7 Å². The van der Waals surface area contributed by atoms with Crippen LogP contribution in [0.1, 0.15) is 40.9 Å². The number of methoxy groups -OCH3 is 1. The highest BCUT2D eigenvalue weighted by Gasteiger charge is 2.30. The lowest BCUT2D eigenvalue weighted by atomic mass is 9.94. The van der Waals surface area contributed by atoms with Crippen molar-refractivity contribution in [1.82, 2.24) is 9.71 Å². The molecule has 0 unspecified atom stereocenters. The summed E-state index contributed by atoms with van der Waals surface area (Å²) in [7, 11) is -2.59. The number of hydrogen-bond donors (Lipinski definition) is 1. The Labute approximate surface area is 167 Å². The van der Waals surface area contributed by atoms with Crippen LogP contribution < -0.4 is 9.46 Å². The second-order valence-electron chi connectivity index (χ2n) is 6.32. The Morgan fingerprint density at radius 3 is 2.64 bits per heavy atom. The first-order chi connectivity index (χ1) is 13.4. The third-order valence-corrected chi connectivity index (χ3v) is 7.02. The van der Waals surface area contributed by atoms with Gasteiger partial charge in [-0.2, -0.15) is 5.26 Å². The number of nitrogens with zero attached hydrogens (tertiary/aromatic N) is 2. The van der Waals surface area contributed by atoms with E-state index in [0.717, 1.165) is 11.3 Å². The van der Waals surface area contributed by atoms with Crippen LogP contribution in [0.25, 0.3) is 0 Å². The molecule has 1 saturated carbocycles. The van der Waals surface area contributed by atoms with E-state index in [1.807, 2.05) is 6.07 Å². The molecular weight excluding hydrogens is 402 g/mol. The van der Waals surface area contributed by atoms with E-state index in [-0.39, 0.29) is 21.9 Å². The summed E-state index contributed by atoms with van der Waals surface area (Å²) < 4.78 is 38.4. The van der Waals surface area contributed by atoms with Crippen LogP contribution in [0.3, 0.4) is 0 Å². The van der Waals surface area contributed by atoms with E-state index >= 15 is 0 Å². The average molecular weight is 422 g/mol. The van der Waals surface area contributed by atoms with Gasteiger partial charge in [0.2, 0.25) is 15.9 Å². The van der Waals surface area contributed by atoms with E-state index in [1.54, 1.807) is 17.5 Å². The molecule has 1 aliphatic carbocycles. The first-order valence-corrected chi connectivity index (χ1v) is 11.0. The van der Waals surface area contributed by atoms with Crippen molar-refractivity contribution in [2.24, 2.45) is 0 Å². The van der Waals surface area contributed by atoms with Gasteiger partial charge in [-0.1, -0.05) is 0 Å². The second-order valence-corrected chi connectivity index (χ2v) is 8.91. The molecule has 2 heterocycles. The van der Waals surface area contributed by atoms with Crippen molar-refractivity contribution in [3.05, 3.63) is 40.2 Å². The second kappa shape index (κ2) is 8.68. The zero-order valence-electron chi connectivity index (χ0n) is 15.1. The van der Waals surface area contributed by atoms with E-state index in [1.165, 1.54) is 19.4 Å². The number of aromatic nitrogens is 1. The van der Waals surface area contributed by atoms with Crippen molar-refractivity contribution < 1.29 is 22.7 Å². The number of thiophene rings is 1. The Balaban J connectivity index is 1.57. The normalized spacial score (nSPS) is 19.6. The SMILES string of the molecule is COC(=O)c1sccc1S(=O)(=O)NC1CCC(Oc2ccc(C#N)cn2)CC1. The van der Waals surface area contributed by atoms with Gasteiger partial charge in [0, 0.05) is 18.3 Å². The predicted molar refractivity (Wildman–Crippen MR) is 102 cm³/mol. The Morgan fingerprint density at radius 2 is 2.04 bits per heavy atom. The number of hydrogen-bond acceptors (Lipinski definition) is 8. The summed E-state index contributed by atoms with van der Waals surface area (Å²) in [4.78, 5) is 15.9. The fourth-order valence-electron chi connectivity index (χ4n) is 3.02. The van der Waals surface area contributed by atoms with E-state index in [2.05, 4.69) is 14.4 Å². The third kappa shape index (κ3) is 4.67. The minimum absolute atomic E-state index is 0.0514. The molecule has 28 heavy (non-hydrogen) atoms. The molecule has 10 heteroatoms. The molecule has 0 spiro atoms. The molecule has 1 fully saturated rings. The fourth-order valence-corrected chi connectivity index (χ4v) is 5.66. The highest BCUT2D eigenvalue weighted by Crippen LogP contribution is 2.27. The Bertz CT molecular complexity index is 971. The summed E-state index contributed by atoms with van der Waals surface area (Å²) in [5.41, 5.74) is 0.463. The average Bonchev–Trinajstić information content (AvgIpc) is 3.20. The zero-order valence-corrected chi connectivity index (χ0v) is 16.8. The number of carbonyl (C=O) groups excluding carboxylic acids is 1. The summed E-state index contributed by atoms with van der Waals surface area (Å²) in [6, 6.07) is 6.47. The van der Waals surface area contributed by atoms with Crippen LogP contribution in [-0.4, -0.2) is 38.6 Å². The summed E-state index contributed by atoms with van der Waals surface area (Å²) >= 11 is 1.03. The molecule has 3 rings (SSSR count). The van der Waals surface area contributed by atoms with Crippen molar-refractivity contribution in [3.63, 3.8) is 0 Å². The number of esters is 1. The minimum Gasteiger partial charge on any atom is -0.474 e. The maximum absolute atomic E-state index is 12.7. The van der Waals surface area contributed by atoms with Gasteiger partial charge < -0.3 is 9.47 Å². The first kappa shape index (κ1) is 20.3. The molecule has 0 amide bonds. The summed E-state index contributed by atoms with van der Waals surface area (Å²) in [6.45, 7) is 0. The summed E-state index contributed by atoms with van der Waals surface area (Å²) in [5, 5.41) is 10.3. The number of carbonyl (C=O) groups is 1. The highest BCUT2D eigenvalue weighted by atomic mass is 32.2. The number of sulfonamides is 1. The molecule has 8 nitrogen and oxygen atoms in total. The van der Waals surface area contributed by atoms with Gasteiger partial charge in [-0.15, -0.1) is 11.3 Å². The molecule has 0 bridgehead atoms. The lowest BCUT2D eigenvalue weighted by molar-refractivity contribution is 0.0602. The zero-order chi connectivity index (χ0) is 20.1. The molecule has 0 saturated heterocycles. The van der Waals surface area contributed by atoms with Crippen molar-refractivity contribution >= 4 is 27.3 Å². The van der Waals surface area contributed by atoms with Gasteiger partial charge in [0.25, 0.3) is 0 Å². The quantitative estimate of drug-likeness (QED) is 0.712. The molecule has 0 aliphatic heterocycles. The van der Waals surface area contributed by atoms with Crippen LogP contribution in [0.4, 0.5) is 0 Å². The molecule has 1 N–H and O–H groups in total. The van der Waals surface area contributed by atoms with Crippen LogP contribution in [0.5, 0.6) is 5.88 Å². The molecule has 1 aliphatic rings. The first-order valence-electron chi connectivity index (χ1n) is 8.64. The largest absolute Gasteiger partial charge is 0.474 e. The van der Waals surface area contributed by atoms with Crippen LogP contribution in [0.2, 0.25) is 0 Å². The van der Waals surface area contributed by atoms with E-state index < -0.39 is 16.0 Å². The molecule has 2 aromatic rings. The molecule has 0 aromatic carbocycles. The molecule has 0 radical (unpaired) electrons. The van der Waals surface area contributed by atoms with Gasteiger partial charge in [-0.3, -0.25) is 0 Å². The monoisotopic (exact) mass is 421 g/mol. The van der Waals surface area contributed by atoms with E-state index in [9.17, 15) is 13.2 Å². The van der Waals surface area contributed by atoms with Crippen LogP contribution >= 0.6 is 11.3 Å². The Hall–Kier alpha value is -2.48. The number of nitrogens with one attached hydrogen (secondary N) is 1. The maximum Gasteiger partial charge on any atom is 0.349 e. The number of nitriles is 1. The molecule has 2 aromatic heterocycles. The molecule has 0 atom stereocenters. The minimum atomic E-state index is -3.81. The predicted octanol–water partition coefficient (Wildman–Crippen LogP) is 2.47. The fraction of sp³-hybridized carbons (Fsp3) is 0.389. The van der Waals surface area contributed by atoms with E-state index in [0.29, 0.717) is 37.1 Å². The molecule has 148 valence electrons. The van der Waals surface area contributed by atoms with Gasteiger partial charge in [-0.25, -0.2) is 22.9 Å².